The summed E-state index contributed by atoms with van der Waals surface area (Å²) in [5, 5.41) is 2.91. The second kappa shape index (κ2) is 9.70. The third-order valence-corrected chi connectivity index (χ3v) is 7.32. The van der Waals surface area contributed by atoms with Crippen molar-refractivity contribution in [3.63, 3.8) is 0 Å². The lowest BCUT2D eigenvalue weighted by Gasteiger charge is -2.35. The molecule has 1 fully saturated rings. The largest absolute Gasteiger partial charge is 0.325 e. The summed E-state index contributed by atoms with van der Waals surface area (Å²) in [4.78, 5) is 15.3. The molecule has 0 aromatic heterocycles. The van der Waals surface area contributed by atoms with E-state index >= 15 is 0 Å². The van der Waals surface area contributed by atoms with Crippen molar-refractivity contribution in [2.75, 3.05) is 57.4 Å². The molecular formula is C17H28N4O3S2. The van der Waals surface area contributed by atoms with Crippen LogP contribution >= 0.6 is 11.8 Å². The Bertz CT molecular complexity index is 700. The van der Waals surface area contributed by atoms with Gasteiger partial charge in [0.25, 0.3) is 10.2 Å². The number of piperazine rings is 1. The summed E-state index contributed by atoms with van der Waals surface area (Å²) in [6.07, 6.45) is 1.99. The van der Waals surface area contributed by atoms with E-state index in [-0.39, 0.29) is 12.5 Å². The molecule has 2 rings (SSSR count). The minimum Gasteiger partial charge on any atom is -0.325 e. The van der Waals surface area contributed by atoms with Crippen LogP contribution in [0.15, 0.2) is 29.2 Å². The second-order valence-electron chi connectivity index (χ2n) is 6.05. The van der Waals surface area contributed by atoms with E-state index in [2.05, 4.69) is 5.32 Å². The second-order valence-corrected chi connectivity index (χ2v) is 8.86. The summed E-state index contributed by atoms with van der Waals surface area (Å²) < 4.78 is 28.0. The molecule has 0 unspecified atom stereocenters. The van der Waals surface area contributed by atoms with Crippen molar-refractivity contribution in [1.29, 1.82) is 0 Å². The summed E-state index contributed by atoms with van der Waals surface area (Å²) in [6.45, 7) is 6.82. The van der Waals surface area contributed by atoms with Gasteiger partial charge in [-0.15, -0.1) is 11.8 Å². The third-order valence-electron chi connectivity index (χ3n) is 4.41. The van der Waals surface area contributed by atoms with Crippen molar-refractivity contribution in [3.8, 4) is 0 Å². The van der Waals surface area contributed by atoms with Gasteiger partial charge >= 0.3 is 0 Å². The van der Waals surface area contributed by atoms with E-state index in [4.69, 9.17) is 0 Å². The number of hydrogen-bond donors (Lipinski definition) is 1. The highest BCUT2D eigenvalue weighted by molar-refractivity contribution is 7.98. The molecule has 1 aliphatic heterocycles. The Morgan fingerprint density at radius 2 is 1.85 bits per heavy atom. The number of benzene rings is 1. The van der Waals surface area contributed by atoms with Gasteiger partial charge in [-0.3, -0.25) is 9.69 Å². The van der Waals surface area contributed by atoms with E-state index in [0.29, 0.717) is 39.3 Å². The molecule has 146 valence electrons. The third kappa shape index (κ3) is 5.43. The van der Waals surface area contributed by atoms with Crippen LogP contribution in [0.3, 0.4) is 0 Å². The predicted molar refractivity (Wildman–Crippen MR) is 107 cm³/mol. The van der Waals surface area contributed by atoms with Crippen molar-refractivity contribution in [1.82, 2.24) is 13.5 Å². The molecule has 0 bridgehead atoms. The Kier molecular flexibility index (Phi) is 7.90. The summed E-state index contributed by atoms with van der Waals surface area (Å²) in [5.41, 5.74) is 0.782. The molecule has 1 heterocycles. The van der Waals surface area contributed by atoms with E-state index in [1.807, 2.05) is 49.3 Å². The number of rotatable bonds is 8. The molecule has 1 amide bonds. The number of carbonyl (C=O) groups is 1. The van der Waals surface area contributed by atoms with Gasteiger partial charge in [0.1, 0.15) is 0 Å². The fraction of sp³-hybridized carbons (Fsp3) is 0.588. The van der Waals surface area contributed by atoms with Crippen molar-refractivity contribution in [3.05, 3.63) is 24.3 Å². The molecule has 1 aromatic rings. The molecule has 26 heavy (non-hydrogen) atoms. The van der Waals surface area contributed by atoms with E-state index < -0.39 is 10.2 Å². The lowest BCUT2D eigenvalue weighted by molar-refractivity contribution is -0.117. The smallest absolute Gasteiger partial charge is 0.282 e. The quantitative estimate of drug-likeness (QED) is 0.671. The van der Waals surface area contributed by atoms with E-state index in [1.54, 1.807) is 11.8 Å². The number of nitrogens with one attached hydrogen (secondary N) is 1. The molecule has 0 atom stereocenters. The molecule has 0 radical (unpaired) electrons. The molecule has 7 nitrogen and oxygen atoms in total. The monoisotopic (exact) mass is 400 g/mol. The van der Waals surface area contributed by atoms with Crippen molar-refractivity contribution in [2.45, 2.75) is 18.7 Å². The summed E-state index contributed by atoms with van der Waals surface area (Å²) in [5.74, 6) is -0.0803. The molecule has 1 N–H and O–H groups in total. The van der Waals surface area contributed by atoms with Gasteiger partial charge < -0.3 is 5.32 Å². The van der Waals surface area contributed by atoms with Gasteiger partial charge in [0.05, 0.1) is 6.54 Å². The number of nitrogens with zero attached hydrogens (tertiary/aromatic N) is 3. The Hall–Kier alpha value is -1.13. The fourth-order valence-electron chi connectivity index (χ4n) is 2.94. The number of anilines is 1. The molecule has 1 aliphatic rings. The Labute approximate surface area is 160 Å². The average Bonchev–Trinajstić information content (AvgIpc) is 2.63. The van der Waals surface area contributed by atoms with Crippen LogP contribution in [0.1, 0.15) is 13.8 Å². The molecule has 1 aromatic carbocycles. The average molecular weight is 401 g/mol. The van der Waals surface area contributed by atoms with Crippen LogP contribution in [0, 0.1) is 0 Å². The summed E-state index contributed by atoms with van der Waals surface area (Å²) >= 11 is 1.63. The van der Waals surface area contributed by atoms with Crippen LogP contribution in [0.25, 0.3) is 0 Å². The highest BCUT2D eigenvalue weighted by atomic mass is 32.2. The SMILES string of the molecule is CCN(CC)S(=O)(=O)N1CCN(CC(=O)Nc2cccc(SC)c2)CC1. The lowest BCUT2D eigenvalue weighted by Crippen LogP contribution is -2.54. The predicted octanol–water partition coefficient (Wildman–Crippen LogP) is 1.55. The Morgan fingerprint density at radius 1 is 1.19 bits per heavy atom. The minimum absolute atomic E-state index is 0.0803. The van der Waals surface area contributed by atoms with E-state index in [9.17, 15) is 13.2 Å². The van der Waals surface area contributed by atoms with Crippen molar-refractivity contribution < 1.29 is 13.2 Å². The van der Waals surface area contributed by atoms with Gasteiger partial charge in [-0.2, -0.15) is 17.0 Å². The van der Waals surface area contributed by atoms with Gasteiger partial charge in [-0.1, -0.05) is 19.9 Å². The maximum Gasteiger partial charge on any atom is 0.282 e. The minimum atomic E-state index is -3.40. The molecule has 0 saturated carbocycles. The zero-order valence-electron chi connectivity index (χ0n) is 15.6. The highest BCUT2D eigenvalue weighted by Gasteiger charge is 2.31. The van der Waals surface area contributed by atoms with Gasteiger partial charge in [-0.25, -0.2) is 0 Å². The molecule has 9 heteroatoms. The number of hydrogen-bond acceptors (Lipinski definition) is 5. The molecule has 0 spiro atoms. The summed E-state index contributed by atoms with van der Waals surface area (Å²) in [6, 6.07) is 7.72. The first kappa shape index (κ1) is 21.2. The van der Waals surface area contributed by atoms with Crippen LogP contribution in [0.4, 0.5) is 5.69 Å². The molecular weight excluding hydrogens is 372 g/mol. The molecule has 0 aliphatic carbocycles. The van der Waals surface area contributed by atoms with Gasteiger partial charge in [-0.05, 0) is 24.5 Å². The Balaban J connectivity index is 1.85. The van der Waals surface area contributed by atoms with Crippen LogP contribution < -0.4 is 5.32 Å². The van der Waals surface area contributed by atoms with Crippen molar-refractivity contribution in [2.24, 2.45) is 0 Å². The van der Waals surface area contributed by atoms with Crippen LogP contribution in [0.5, 0.6) is 0 Å². The number of thioether (sulfide) groups is 1. The van der Waals surface area contributed by atoms with Gasteiger partial charge in [0.2, 0.25) is 5.91 Å². The molecule has 1 saturated heterocycles. The van der Waals surface area contributed by atoms with Gasteiger partial charge in [0.15, 0.2) is 0 Å². The van der Waals surface area contributed by atoms with Gasteiger partial charge in [0, 0.05) is 49.9 Å². The van der Waals surface area contributed by atoms with E-state index in [1.165, 1.54) is 8.61 Å². The standard InChI is InChI=1S/C17H28N4O3S2/c1-4-20(5-2)26(23,24)21-11-9-19(10-12-21)14-17(22)18-15-7-6-8-16(13-15)25-3/h6-8,13H,4-5,9-12,14H2,1-3H3,(H,18,22). The number of amides is 1. The van der Waals surface area contributed by atoms with E-state index in [0.717, 1.165) is 10.6 Å². The van der Waals surface area contributed by atoms with Crippen molar-refractivity contribution >= 4 is 33.6 Å². The Morgan fingerprint density at radius 3 is 2.42 bits per heavy atom. The van der Waals surface area contributed by atoms with Crippen LogP contribution in [0.2, 0.25) is 0 Å². The van der Waals surface area contributed by atoms with Crippen LogP contribution in [-0.2, 0) is 15.0 Å². The lowest BCUT2D eigenvalue weighted by atomic mass is 10.3. The number of carbonyl (C=O) groups excluding carboxylic acids is 1. The highest BCUT2D eigenvalue weighted by Crippen LogP contribution is 2.19. The fourth-order valence-corrected chi connectivity index (χ4v) is 5.00. The zero-order chi connectivity index (χ0) is 19.2. The first-order valence-corrected chi connectivity index (χ1v) is 11.4. The van der Waals surface area contributed by atoms with Crippen LogP contribution in [-0.4, -0.2) is 79.9 Å². The normalized spacial score (nSPS) is 16.8. The first-order chi connectivity index (χ1) is 12.4. The zero-order valence-corrected chi connectivity index (χ0v) is 17.3. The maximum absolute atomic E-state index is 12.5. The summed E-state index contributed by atoms with van der Waals surface area (Å²) in [7, 11) is -3.40. The maximum atomic E-state index is 12.5. The first-order valence-electron chi connectivity index (χ1n) is 8.82. The topological polar surface area (TPSA) is 73.0 Å².